The molecular formula is C22H23FN4O. The molecule has 6 heteroatoms. The zero-order chi connectivity index (χ0) is 19.3. The van der Waals surface area contributed by atoms with Crippen LogP contribution in [0.25, 0.3) is 10.9 Å². The van der Waals surface area contributed by atoms with E-state index >= 15 is 0 Å². The number of nitrogens with zero attached hydrogens (tertiary/aromatic N) is 3. The van der Waals surface area contributed by atoms with E-state index in [0.29, 0.717) is 18.0 Å². The molecular weight excluding hydrogens is 355 g/mol. The number of amides is 1. The largest absolute Gasteiger partial charge is 0.311 e. The summed E-state index contributed by atoms with van der Waals surface area (Å²) in [5.74, 6) is 0.227. The highest BCUT2D eigenvalue weighted by molar-refractivity contribution is 5.94. The van der Waals surface area contributed by atoms with Gasteiger partial charge in [0.2, 0.25) is 5.91 Å². The van der Waals surface area contributed by atoms with Crippen molar-refractivity contribution in [3.63, 3.8) is 0 Å². The van der Waals surface area contributed by atoms with Crippen LogP contribution in [0.15, 0.2) is 30.3 Å². The van der Waals surface area contributed by atoms with Crippen LogP contribution in [0.2, 0.25) is 0 Å². The highest BCUT2D eigenvalue weighted by Gasteiger charge is 2.35. The lowest BCUT2D eigenvalue weighted by atomic mass is 9.88. The second kappa shape index (κ2) is 6.69. The molecule has 1 saturated carbocycles. The van der Waals surface area contributed by atoms with Crippen LogP contribution in [0.5, 0.6) is 0 Å². The number of carbonyl (C=O) groups is 1. The molecule has 1 aromatic carbocycles. The van der Waals surface area contributed by atoms with Gasteiger partial charge in [-0.05, 0) is 31.9 Å². The zero-order valence-electron chi connectivity index (χ0n) is 15.9. The Bertz CT molecular complexity index is 1070. The second-order valence-corrected chi connectivity index (χ2v) is 7.94. The van der Waals surface area contributed by atoms with E-state index < -0.39 is 0 Å². The Balaban J connectivity index is 1.62. The Hall–Kier alpha value is -2.76. The predicted octanol–water partition coefficient (Wildman–Crippen LogP) is 4.86. The molecule has 5 rings (SSSR count). The molecule has 1 unspecified atom stereocenters. The number of carbonyl (C=O) groups excluding carboxylic acids is 1. The van der Waals surface area contributed by atoms with Crippen molar-refractivity contribution < 1.29 is 9.18 Å². The molecule has 2 aromatic heterocycles. The molecule has 0 saturated heterocycles. The molecule has 1 aliphatic carbocycles. The van der Waals surface area contributed by atoms with Gasteiger partial charge in [-0.15, -0.1) is 0 Å². The number of anilines is 1. The Kier molecular flexibility index (Phi) is 4.14. The number of nitrogens with one attached hydrogen (secondary N) is 1. The Morgan fingerprint density at radius 3 is 2.79 bits per heavy atom. The van der Waals surface area contributed by atoms with E-state index in [0.717, 1.165) is 41.0 Å². The topological polar surface area (TPSA) is 59.8 Å². The minimum Gasteiger partial charge on any atom is -0.311 e. The lowest BCUT2D eigenvalue weighted by Crippen LogP contribution is -2.27. The van der Waals surface area contributed by atoms with Crippen LogP contribution in [0.3, 0.4) is 0 Å². The van der Waals surface area contributed by atoms with Crippen molar-refractivity contribution in [3.05, 3.63) is 53.1 Å². The average Bonchev–Trinajstić information content (AvgIpc) is 3.04. The first-order valence-corrected chi connectivity index (χ1v) is 10.1. The smallest absolute Gasteiger partial charge is 0.226 e. The molecule has 3 heterocycles. The summed E-state index contributed by atoms with van der Waals surface area (Å²) in [6.07, 6.45) is 6.14. The molecule has 0 spiro atoms. The lowest BCUT2D eigenvalue weighted by Gasteiger charge is -2.27. The first-order valence-electron chi connectivity index (χ1n) is 10.1. The van der Waals surface area contributed by atoms with E-state index in [4.69, 9.17) is 5.10 Å². The summed E-state index contributed by atoms with van der Waals surface area (Å²) in [7, 11) is 0. The van der Waals surface area contributed by atoms with Gasteiger partial charge in [0.25, 0.3) is 0 Å². The van der Waals surface area contributed by atoms with Crippen LogP contribution in [0.4, 0.5) is 10.2 Å². The van der Waals surface area contributed by atoms with E-state index in [-0.39, 0.29) is 17.6 Å². The van der Waals surface area contributed by atoms with Gasteiger partial charge in [-0.25, -0.2) is 14.1 Å². The van der Waals surface area contributed by atoms with Crippen LogP contribution in [0, 0.1) is 12.7 Å². The number of para-hydroxylation sites is 1. The molecule has 1 aliphatic heterocycles. The van der Waals surface area contributed by atoms with E-state index in [1.54, 1.807) is 6.07 Å². The summed E-state index contributed by atoms with van der Waals surface area (Å²) in [6, 6.07) is 9.08. The number of benzene rings is 1. The van der Waals surface area contributed by atoms with Crippen LogP contribution >= 0.6 is 0 Å². The third-order valence-corrected chi connectivity index (χ3v) is 6.10. The normalized spacial score (nSPS) is 20.2. The van der Waals surface area contributed by atoms with Gasteiger partial charge >= 0.3 is 0 Å². The molecule has 2 aliphatic rings. The summed E-state index contributed by atoms with van der Waals surface area (Å²) in [5, 5.41) is 8.62. The van der Waals surface area contributed by atoms with Crippen molar-refractivity contribution in [1.82, 2.24) is 14.8 Å². The molecule has 28 heavy (non-hydrogen) atoms. The summed E-state index contributed by atoms with van der Waals surface area (Å²) in [4.78, 5) is 17.1. The number of fused-ring (bicyclic) bond motifs is 2. The maximum atomic E-state index is 14.3. The summed E-state index contributed by atoms with van der Waals surface area (Å²) < 4.78 is 16.3. The molecule has 0 bridgehead atoms. The minimum absolute atomic E-state index is 0.0371. The van der Waals surface area contributed by atoms with Gasteiger partial charge in [0.1, 0.15) is 17.2 Å². The maximum absolute atomic E-state index is 14.3. The summed E-state index contributed by atoms with van der Waals surface area (Å²) in [5.41, 5.74) is 3.01. The first-order chi connectivity index (χ1) is 13.6. The van der Waals surface area contributed by atoms with E-state index in [2.05, 4.69) is 10.3 Å². The van der Waals surface area contributed by atoms with Crippen molar-refractivity contribution in [3.8, 4) is 0 Å². The molecule has 0 radical (unpaired) electrons. The molecule has 1 atom stereocenters. The van der Waals surface area contributed by atoms with Gasteiger partial charge in [0, 0.05) is 29.0 Å². The summed E-state index contributed by atoms with van der Waals surface area (Å²) >= 11 is 0. The second-order valence-electron chi connectivity index (χ2n) is 7.94. The number of halogens is 1. The van der Waals surface area contributed by atoms with Crippen molar-refractivity contribution in [2.75, 3.05) is 5.32 Å². The van der Waals surface area contributed by atoms with Gasteiger partial charge in [-0.2, -0.15) is 5.10 Å². The first kappa shape index (κ1) is 17.3. The standard InChI is InChI=1S/C22H23FN4O/c1-13-20-16(18-11-10-14-6-5-9-17(23)21(14)24-18)12-19(28)25-22(20)27(26-13)15-7-3-2-4-8-15/h5-6,9-11,15-16H,2-4,7-8,12H2,1H3,(H,25,28). The third-order valence-electron chi connectivity index (χ3n) is 6.10. The number of pyridine rings is 1. The Labute approximate surface area is 163 Å². The lowest BCUT2D eigenvalue weighted by molar-refractivity contribution is -0.116. The van der Waals surface area contributed by atoms with Crippen molar-refractivity contribution in [2.24, 2.45) is 0 Å². The van der Waals surface area contributed by atoms with Crippen LogP contribution in [-0.2, 0) is 4.79 Å². The third kappa shape index (κ3) is 2.79. The highest BCUT2D eigenvalue weighted by atomic mass is 19.1. The van der Waals surface area contributed by atoms with Crippen molar-refractivity contribution in [1.29, 1.82) is 0 Å². The van der Waals surface area contributed by atoms with Crippen LogP contribution in [-0.4, -0.2) is 20.7 Å². The fraction of sp³-hybridized carbons (Fsp3) is 0.409. The summed E-state index contributed by atoms with van der Waals surface area (Å²) in [6.45, 7) is 1.99. The zero-order valence-corrected chi connectivity index (χ0v) is 15.9. The fourth-order valence-corrected chi connectivity index (χ4v) is 4.73. The molecule has 5 nitrogen and oxygen atoms in total. The quantitative estimate of drug-likeness (QED) is 0.693. The number of aryl methyl sites for hydroxylation is 1. The number of hydrogen-bond acceptors (Lipinski definition) is 3. The van der Waals surface area contributed by atoms with Crippen LogP contribution in [0.1, 0.15) is 67.4 Å². The molecule has 3 aromatic rings. The van der Waals surface area contributed by atoms with Gasteiger partial charge in [0.05, 0.1) is 11.7 Å². The molecule has 1 amide bonds. The predicted molar refractivity (Wildman–Crippen MR) is 106 cm³/mol. The van der Waals surface area contributed by atoms with E-state index in [9.17, 15) is 9.18 Å². The molecule has 1 N–H and O–H groups in total. The SMILES string of the molecule is Cc1nn(C2CCCCC2)c2c1C(c1ccc3cccc(F)c3n1)CC(=O)N2. The van der Waals surface area contributed by atoms with Gasteiger partial charge in [0.15, 0.2) is 0 Å². The average molecular weight is 378 g/mol. The van der Waals surface area contributed by atoms with E-state index in [1.807, 2.05) is 29.8 Å². The Morgan fingerprint density at radius 1 is 1.14 bits per heavy atom. The Morgan fingerprint density at radius 2 is 1.96 bits per heavy atom. The molecule has 1 fully saturated rings. The fourth-order valence-electron chi connectivity index (χ4n) is 4.73. The van der Waals surface area contributed by atoms with Crippen LogP contribution < -0.4 is 5.32 Å². The van der Waals surface area contributed by atoms with Gasteiger partial charge < -0.3 is 5.32 Å². The van der Waals surface area contributed by atoms with E-state index in [1.165, 1.54) is 25.3 Å². The van der Waals surface area contributed by atoms with Crippen molar-refractivity contribution in [2.45, 2.75) is 57.4 Å². The molecule has 144 valence electrons. The monoisotopic (exact) mass is 378 g/mol. The van der Waals surface area contributed by atoms with Gasteiger partial charge in [-0.1, -0.05) is 37.5 Å². The maximum Gasteiger partial charge on any atom is 0.226 e. The number of rotatable bonds is 2. The highest BCUT2D eigenvalue weighted by Crippen LogP contribution is 2.42. The van der Waals surface area contributed by atoms with Gasteiger partial charge in [-0.3, -0.25) is 4.79 Å². The van der Waals surface area contributed by atoms with Crippen molar-refractivity contribution >= 4 is 22.6 Å². The minimum atomic E-state index is -0.338. The number of hydrogen-bond donors (Lipinski definition) is 1. The number of aromatic nitrogens is 3.